The number of carbonyl (C=O) groups is 1. The zero-order valence-electron chi connectivity index (χ0n) is 7.27. The van der Waals surface area contributed by atoms with Crippen molar-refractivity contribution < 1.29 is 9.90 Å². The smallest absolute Gasteiger partial charge is 0.305 e. The van der Waals surface area contributed by atoms with Gasteiger partial charge in [0.2, 0.25) is 0 Å². The van der Waals surface area contributed by atoms with Crippen molar-refractivity contribution in [3.8, 4) is 6.07 Å². The highest BCUT2D eigenvalue weighted by Gasteiger charge is 2.14. The molecule has 0 aliphatic rings. The molecule has 0 unspecified atom stereocenters. The zero-order chi connectivity index (χ0) is 10.6. The van der Waals surface area contributed by atoms with Crippen LogP contribution in [0.2, 0.25) is 5.02 Å². The van der Waals surface area contributed by atoms with Crippen LogP contribution in [0.5, 0.6) is 0 Å². The summed E-state index contributed by atoms with van der Waals surface area (Å²) in [5.74, 6) is -1.59. The Kier molecular flexibility index (Phi) is 3.49. The lowest BCUT2D eigenvalue weighted by Crippen LogP contribution is -2.04. The fourth-order valence-corrected chi connectivity index (χ4v) is 1.23. The fraction of sp³-hybridized carbons (Fsp3) is 0.200. The Labute approximate surface area is 86.5 Å². The molecule has 1 aromatic carbocycles. The molecule has 0 aliphatic heterocycles. The Bertz CT molecular complexity index is 367. The van der Waals surface area contributed by atoms with Crippen LogP contribution in [0.25, 0.3) is 0 Å². The third-order valence-corrected chi connectivity index (χ3v) is 2.06. The molecule has 14 heavy (non-hydrogen) atoms. The summed E-state index contributed by atoms with van der Waals surface area (Å²) >= 11 is 5.67. The molecule has 0 aliphatic carbocycles. The molecular formula is C10H8ClNO2. The van der Waals surface area contributed by atoms with Gasteiger partial charge in [0.15, 0.2) is 0 Å². The normalized spacial score (nSPS) is 11.7. The van der Waals surface area contributed by atoms with E-state index in [1.807, 2.05) is 6.07 Å². The van der Waals surface area contributed by atoms with E-state index in [4.69, 9.17) is 22.0 Å². The molecule has 0 bridgehead atoms. The minimum absolute atomic E-state index is 0.182. The van der Waals surface area contributed by atoms with Crippen molar-refractivity contribution in [1.82, 2.24) is 0 Å². The van der Waals surface area contributed by atoms with Gasteiger partial charge in [0.1, 0.15) is 0 Å². The second-order valence-electron chi connectivity index (χ2n) is 2.83. The van der Waals surface area contributed by atoms with Crippen molar-refractivity contribution >= 4 is 17.6 Å². The van der Waals surface area contributed by atoms with Gasteiger partial charge in [0.25, 0.3) is 0 Å². The number of hydrogen-bond donors (Lipinski definition) is 1. The first kappa shape index (κ1) is 10.6. The van der Waals surface area contributed by atoms with Crippen LogP contribution in [0.4, 0.5) is 0 Å². The first-order chi connectivity index (χ1) is 6.63. The lowest BCUT2D eigenvalue weighted by atomic mass is 9.97. The number of nitriles is 1. The Hall–Kier alpha value is -1.53. The van der Waals surface area contributed by atoms with Gasteiger partial charge >= 0.3 is 5.97 Å². The third-order valence-electron chi connectivity index (χ3n) is 1.81. The number of benzene rings is 1. The van der Waals surface area contributed by atoms with Crippen LogP contribution in [0.1, 0.15) is 17.9 Å². The Balaban J connectivity index is 2.85. The van der Waals surface area contributed by atoms with Gasteiger partial charge < -0.3 is 5.11 Å². The van der Waals surface area contributed by atoms with E-state index in [1.165, 1.54) is 0 Å². The summed E-state index contributed by atoms with van der Waals surface area (Å²) in [6.45, 7) is 0. The lowest BCUT2D eigenvalue weighted by molar-refractivity contribution is -0.137. The minimum Gasteiger partial charge on any atom is -0.481 e. The summed E-state index contributed by atoms with van der Waals surface area (Å²) in [6.07, 6.45) is -0.182. The van der Waals surface area contributed by atoms with Gasteiger partial charge in [-0.2, -0.15) is 5.26 Å². The monoisotopic (exact) mass is 209 g/mol. The highest BCUT2D eigenvalue weighted by Crippen LogP contribution is 2.20. The van der Waals surface area contributed by atoms with Gasteiger partial charge in [-0.05, 0) is 17.7 Å². The van der Waals surface area contributed by atoms with Crippen LogP contribution in [-0.4, -0.2) is 11.1 Å². The quantitative estimate of drug-likeness (QED) is 0.832. The number of carboxylic acid groups (broad SMARTS) is 1. The van der Waals surface area contributed by atoms with Crippen LogP contribution in [0.15, 0.2) is 24.3 Å². The molecular weight excluding hydrogens is 202 g/mol. The van der Waals surface area contributed by atoms with Crippen LogP contribution >= 0.6 is 11.6 Å². The number of hydrogen-bond acceptors (Lipinski definition) is 2. The van der Waals surface area contributed by atoms with Gasteiger partial charge in [-0.15, -0.1) is 0 Å². The molecule has 0 spiro atoms. The second kappa shape index (κ2) is 4.64. The van der Waals surface area contributed by atoms with E-state index in [9.17, 15) is 4.79 Å². The van der Waals surface area contributed by atoms with Gasteiger partial charge in [0.05, 0.1) is 18.4 Å². The predicted octanol–water partition coefficient (Wildman–Crippen LogP) is 2.42. The Morgan fingerprint density at radius 3 is 2.50 bits per heavy atom. The summed E-state index contributed by atoms with van der Waals surface area (Å²) in [4.78, 5) is 10.4. The van der Waals surface area contributed by atoms with Gasteiger partial charge in [-0.25, -0.2) is 0 Å². The van der Waals surface area contributed by atoms with E-state index in [1.54, 1.807) is 24.3 Å². The van der Waals surface area contributed by atoms with E-state index in [0.717, 1.165) is 0 Å². The van der Waals surface area contributed by atoms with Crippen molar-refractivity contribution in [3.05, 3.63) is 34.9 Å². The average Bonchev–Trinajstić information content (AvgIpc) is 2.15. The molecule has 0 fully saturated rings. The number of halogens is 1. The molecule has 1 atom stereocenters. The molecule has 0 saturated carbocycles. The molecule has 1 N–H and O–H groups in total. The highest BCUT2D eigenvalue weighted by atomic mass is 35.5. The molecule has 0 amide bonds. The van der Waals surface area contributed by atoms with Crippen LogP contribution < -0.4 is 0 Å². The van der Waals surface area contributed by atoms with E-state index < -0.39 is 11.9 Å². The van der Waals surface area contributed by atoms with Crippen LogP contribution in [-0.2, 0) is 4.79 Å². The predicted molar refractivity (Wildman–Crippen MR) is 52.1 cm³/mol. The number of rotatable bonds is 3. The number of carboxylic acids is 1. The molecule has 0 heterocycles. The van der Waals surface area contributed by atoms with E-state index in [2.05, 4.69) is 0 Å². The van der Waals surface area contributed by atoms with Gasteiger partial charge in [-0.1, -0.05) is 23.7 Å². The summed E-state index contributed by atoms with van der Waals surface area (Å²) in [5, 5.41) is 17.9. The summed E-state index contributed by atoms with van der Waals surface area (Å²) < 4.78 is 0. The van der Waals surface area contributed by atoms with Crippen LogP contribution in [0.3, 0.4) is 0 Å². The molecule has 0 aromatic heterocycles. The second-order valence-corrected chi connectivity index (χ2v) is 3.27. The Morgan fingerprint density at radius 1 is 1.50 bits per heavy atom. The van der Waals surface area contributed by atoms with Crippen molar-refractivity contribution in [1.29, 1.82) is 5.26 Å². The van der Waals surface area contributed by atoms with E-state index in [-0.39, 0.29) is 6.42 Å². The first-order valence-electron chi connectivity index (χ1n) is 4.00. The summed E-state index contributed by atoms with van der Waals surface area (Å²) in [5.41, 5.74) is 0.680. The Morgan fingerprint density at radius 2 is 2.07 bits per heavy atom. The van der Waals surface area contributed by atoms with Crippen molar-refractivity contribution in [2.45, 2.75) is 12.3 Å². The standard InChI is InChI=1S/C10H8ClNO2/c11-9-3-1-7(2-4-9)8(6-12)5-10(13)14/h1-4,8H,5H2,(H,13,14)/t8-/m1/s1. The average molecular weight is 210 g/mol. The van der Waals surface area contributed by atoms with E-state index in [0.29, 0.717) is 10.6 Å². The van der Waals surface area contributed by atoms with E-state index >= 15 is 0 Å². The SMILES string of the molecule is N#C[C@@H](CC(=O)O)c1ccc(Cl)cc1. The van der Waals surface area contributed by atoms with Crippen molar-refractivity contribution in [2.24, 2.45) is 0 Å². The molecule has 4 heteroatoms. The zero-order valence-corrected chi connectivity index (χ0v) is 8.03. The minimum atomic E-state index is -0.980. The van der Waals surface area contributed by atoms with Crippen molar-refractivity contribution in [3.63, 3.8) is 0 Å². The number of aliphatic carboxylic acids is 1. The molecule has 3 nitrogen and oxygen atoms in total. The molecule has 1 rings (SSSR count). The topological polar surface area (TPSA) is 61.1 Å². The van der Waals surface area contributed by atoms with Gasteiger partial charge in [-0.3, -0.25) is 4.79 Å². The lowest BCUT2D eigenvalue weighted by Gasteiger charge is -2.05. The van der Waals surface area contributed by atoms with Gasteiger partial charge in [0, 0.05) is 5.02 Å². The molecule has 0 radical (unpaired) electrons. The molecule has 0 saturated heterocycles. The number of nitrogens with zero attached hydrogens (tertiary/aromatic N) is 1. The highest BCUT2D eigenvalue weighted by molar-refractivity contribution is 6.30. The summed E-state index contributed by atoms with van der Waals surface area (Å²) in [6, 6.07) is 8.56. The van der Waals surface area contributed by atoms with Crippen molar-refractivity contribution in [2.75, 3.05) is 0 Å². The fourth-order valence-electron chi connectivity index (χ4n) is 1.11. The molecule has 72 valence electrons. The van der Waals surface area contributed by atoms with Crippen LogP contribution in [0, 0.1) is 11.3 Å². The first-order valence-corrected chi connectivity index (χ1v) is 4.38. The third kappa shape index (κ3) is 2.75. The summed E-state index contributed by atoms with van der Waals surface area (Å²) in [7, 11) is 0. The largest absolute Gasteiger partial charge is 0.481 e. The maximum Gasteiger partial charge on any atom is 0.305 e. The maximum atomic E-state index is 10.4. The molecule has 1 aromatic rings. The maximum absolute atomic E-state index is 10.4.